The summed E-state index contributed by atoms with van der Waals surface area (Å²) in [5.41, 5.74) is 0. The van der Waals surface area contributed by atoms with E-state index in [4.69, 9.17) is 5.26 Å². The summed E-state index contributed by atoms with van der Waals surface area (Å²) in [6, 6.07) is 0. The van der Waals surface area contributed by atoms with Gasteiger partial charge in [-0.2, -0.15) is 5.26 Å². The normalized spacial score (nSPS) is 11.5. The fourth-order valence-electron chi connectivity index (χ4n) is 0.727. The summed E-state index contributed by atoms with van der Waals surface area (Å²) >= 11 is 0. The van der Waals surface area contributed by atoms with Gasteiger partial charge in [0.25, 0.3) is 0 Å². The molecule has 4 nitrogen and oxygen atoms in total. The maximum Gasteiger partial charge on any atom is 0.310 e. The highest BCUT2D eigenvalue weighted by molar-refractivity contribution is 5.72. The Labute approximate surface area is 66.4 Å². The van der Waals surface area contributed by atoms with E-state index in [1.165, 1.54) is 12.0 Å². The number of carbonyl (C=O) groups excluding carboxylic acids is 1. The van der Waals surface area contributed by atoms with Gasteiger partial charge in [-0.1, -0.05) is 6.92 Å². The maximum absolute atomic E-state index is 10.8. The van der Waals surface area contributed by atoms with Crippen LogP contribution in [0.5, 0.6) is 0 Å². The van der Waals surface area contributed by atoms with Gasteiger partial charge in [-0.3, -0.25) is 4.79 Å². The molecule has 0 aromatic carbocycles. The number of rotatable bonds is 3. The summed E-state index contributed by atoms with van der Waals surface area (Å²) in [5, 5.41) is 8.36. The molecule has 0 fully saturated rings. The van der Waals surface area contributed by atoms with Gasteiger partial charge in [-0.15, -0.1) is 0 Å². The van der Waals surface area contributed by atoms with Crippen LogP contribution in [0.2, 0.25) is 0 Å². The smallest absolute Gasteiger partial charge is 0.310 e. The molecule has 11 heavy (non-hydrogen) atoms. The lowest BCUT2D eigenvalue weighted by molar-refractivity contribution is -0.145. The van der Waals surface area contributed by atoms with Gasteiger partial charge >= 0.3 is 5.97 Å². The number of carbonyl (C=O) groups is 1. The van der Waals surface area contributed by atoms with Crippen molar-refractivity contribution in [2.24, 2.45) is 5.92 Å². The zero-order valence-corrected chi connectivity index (χ0v) is 7.00. The Kier molecular flexibility index (Phi) is 4.04. The highest BCUT2D eigenvalue weighted by Gasteiger charge is 2.14. The third kappa shape index (κ3) is 3.46. The molecule has 0 bridgehead atoms. The molecule has 0 aromatic heterocycles. The summed E-state index contributed by atoms with van der Waals surface area (Å²) in [5.74, 6) is -0.531. The van der Waals surface area contributed by atoms with Crippen molar-refractivity contribution in [3.05, 3.63) is 0 Å². The third-order valence-electron chi connectivity index (χ3n) is 1.32. The molecule has 0 rings (SSSR count). The number of esters is 1. The van der Waals surface area contributed by atoms with Crippen LogP contribution in [0.1, 0.15) is 6.92 Å². The number of methoxy groups -OCH3 is 1. The van der Waals surface area contributed by atoms with Crippen molar-refractivity contribution in [2.75, 3.05) is 20.7 Å². The van der Waals surface area contributed by atoms with Crippen molar-refractivity contribution in [1.82, 2.24) is 4.90 Å². The first-order valence-corrected chi connectivity index (χ1v) is 3.30. The molecule has 0 aliphatic carbocycles. The van der Waals surface area contributed by atoms with E-state index in [9.17, 15) is 4.79 Å². The van der Waals surface area contributed by atoms with E-state index in [2.05, 4.69) is 4.74 Å². The van der Waals surface area contributed by atoms with Crippen LogP contribution in [-0.2, 0) is 9.53 Å². The molecule has 0 amide bonds. The third-order valence-corrected chi connectivity index (χ3v) is 1.32. The Morgan fingerprint density at radius 2 is 2.36 bits per heavy atom. The summed E-state index contributed by atoms with van der Waals surface area (Å²) in [6.45, 7) is 2.13. The Morgan fingerprint density at radius 3 is 2.73 bits per heavy atom. The lowest BCUT2D eigenvalue weighted by Crippen LogP contribution is -2.26. The van der Waals surface area contributed by atoms with Gasteiger partial charge in [0.15, 0.2) is 6.19 Å². The highest BCUT2D eigenvalue weighted by Crippen LogP contribution is 1.98. The molecule has 0 saturated carbocycles. The number of nitrogens with zero attached hydrogens (tertiary/aromatic N) is 2. The van der Waals surface area contributed by atoms with Crippen molar-refractivity contribution in [1.29, 1.82) is 5.26 Å². The SMILES string of the molecule is COC(=O)C(C)CN(C)C#N. The predicted molar refractivity (Wildman–Crippen MR) is 39.4 cm³/mol. The number of hydrogen-bond acceptors (Lipinski definition) is 4. The Morgan fingerprint density at radius 1 is 1.82 bits per heavy atom. The van der Waals surface area contributed by atoms with Crippen LogP contribution in [0.15, 0.2) is 0 Å². The van der Waals surface area contributed by atoms with Crippen LogP contribution >= 0.6 is 0 Å². The van der Waals surface area contributed by atoms with E-state index in [0.29, 0.717) is 6.54 Å². The summed E-state index contributed by atoms with van der Waals surface area (Å²) in [7, 11) is 2.96. The molecule has 62 valence electrons. The minimum atomic E-state index is -0.285. The van der Waals surface area contributed by atoms with E-state index in [0.717, 1.165) is 0 Å². The average molecular weight is 156 g/mol. The Hall–Kier alpha value is -1.24. The highest BCUT2D eigenvalue weighted by atomic mass is 16.5. The van der Waals surface area contributed by atoms with Gasteiger partial charge in [0.2, 0.25) is 0 Å². The quantitative estimate of drug-likeness (QED) is 0.333. The fraction of sp³-hybridized carbons (Fsp3) is 0.714. The second-order valence-electron chi connectivity index (χ2n) is 2.40. The predicted octanol–water partition coefficient (Wildman–Crippen LogP) is 0.208. The van der Waals surface area contributed by atoms with Gasteiger partial charge in [0.1, 0.15) is 0 Å². The number of hydrogen-bond donors (Lipinski definition) is 0. The fourth-order valence-corrected chi connectivity index (χ4v) is 0.727. The number of ether oxygens (including phenoxy) is 1. The second kappa shape index (κ2) is 4.56. The van der Waals surface area contributed by atoms with Crippen LogP contribution in [0.25, 0.3) is 0 Å². The van der Waals surface area contributed by atoms with Crippen molar-refractivity contribution in [3.8, 4) is 6.19 Å². The number of nitriles is 1. The van der Waals surface area contributed by atoms with Gasteiger partial charge < -0.3 is 9.64 Å². The van der Waals surface area contributed by atoms with Crippen molar-refractivity contribution in [3.63, 3.8) is 0 Å². The van der Waals surface area contributed by atoms with Crippen LogP contribution in [0, 0.1) is 17.4 Å². The minimum absolute atomic E-state index is 0.246. The van der Waals surface area contributed by atoms with Gasteiger partial charge in [0, 0.05) is 13.6 Å². The molecule has 1 unspecified atom stereocenters. The average Bonchev–Trinajstić information content (AvgIpc) is 2.02. The first kappa shape index (κ1) is 9.76. The molecule has 0 radical (unpaired) electrons. The standard InChI is InChI=1S/C7H12N2O2/c1-6(7(10)11-3)4-9(2)5-8/h6H,4H2,1-3H3. The molecule has 0 spiro atoms. The van der Waals surface area contributed by atoms with E-state index in [1.54, 1.807) is 14.0 Å². The lowest BCUT2D eigenvalue weighted by Gasteiger charge is -2.13. The summed E-state index contributed by atoms with van der Waals surface area (Å²) in [6.07, 6.45) is 1.90. The molecular weight excluding hydrogens is 144 g/mol. The first-order chi connectivity index (χ1) is 5.11. The molecule has 0 aromatic rings. The Balaban J connectivity index is 3.79. The molecular formula is C7H12N2O2. The van der Waals surface area contributed by atoms with Crippen molar-refractivity contribution >= 4 is 5.97 Å². The van der Waals surface area contributed by atoms with Gasteiger partial charge in [0.05, 0.1) is 13.0 Å². The van der Waals surface area contributed by atoms with Crippen molar-refractivity contribution in [2.45, 2.75) is 6.92 Å². The molecule has 0 saturated heterocycles. The molecule has 0 aliphatic heterocycles. The molecule has 1 atom stereocenters. The topological polar surface area (TPSA) is 53.3 Å². The van der Waals surface area contributed by atoms with Crippen LogP contribution in [-0.4, -0.2) is 31.6 Å². The van der Waals surface area contributed by atoms with E-state index in [1.807, 2.05) is 6.19 Å². The zero-order chi connectivity index (χ0) is 8.85. The zero-order valence-electron chi connectivity index (χ0n) is 7.00. The van der Waals surface area contributed by atoms with Crippen LogP contribution < -0.4 is 0 Å². The van der Waals surface area contributed by atoms with Crippen LogP contribution in [0.3, 0.4) is 0 Å². The lowest BCUT2D eigenvalue weighted by atomic mass is 10.2. The molecule has 0 N–H and O–H groups in total. The van der Waals surface area contributed by atoms with Gasteiger partial charge in [-0.05, 0) is 0 Å². The summed E-state index contributed by atoms with van der Waals surface area (Å²) in [4.78, 5) is 12.2. The second-order valence-corrected chi connectivity index (χ2v) is 2.40. The van der Waals surface area contributed by atoms with E-state index in [-0.39, 0.29) is 11.9 Å². The monoisotopic (exact) mass is 156 g/mol. The van der Waals surface area contributed by atoms with E-state index >= 15 is 0 Å². The largest absolute Gasteiger partial charge is 0.469 e. The van der Waals surface area contributed by atoms with E-state index < -0.39 is 0 Å². The summed E-state index contributed by atoms with van der Waals surface area (Å²) < 4.78 is 4.48. The van der Waals surface area contributed by atoms with Crippen molar-refractivity contribution < 1.29 is 9.53 Å². The molecule has 0 aliphatic rings. The maximum atomic E-state index is 10.8. The molecule has 0 heterocycles. The minimum Gasteiger partial charge on any atom is -0.469 e. The van der Waals surface area contributed by atoms with Crippen LogP contribution in [0.4, 0.5) is 0 Å². The van der Waals surface area contributed by atoms with Gasteiger partial charge in [-0.25, -0.2) is 0 Å². The molecule has 4 heteroatoms. The first-order valence-electron chi connectivity index (χ1n) is 3.30. The Bertz CT molecular complexity index is 174.